The van der Waals surface area contributed by atoms with Crippen molar-refractivity contribution in [2.45, 2.75) is 56.5 Å². The van der Waals surface area contributed by atoms with Gasteiger partial charge in [-0.05, 0) is 52.7 Å². The van der Waals surface area contributed by atoms with E-state index in [0.29, 0.717) is 0 Å². The van der Waals surface area contributed by atoms with Gasteiger partial charge in [0, 0.05) is 24.7 Å². The van der Waals surface area contributed by atoms with Gasteiger partial charge in [-0.2, -0.15) is 0 Å². The molecule has 2 fully saturated rings. The Morgan fingerprint density at radius 1 is 1.24 bits per heavy atom. The lowest BCUT2D eigenvalue weighted by Gasteiger charge is -2.31. The van der Waals surface area contributed by atoms with E-state index in [1.54, 1.807) is 0 Å². The number of likely N-dealkylation sites (tertiary alicyclic amines) is 1. The third kappa shape index (κ3) is 3.67. The van der Waals surface area contributed by atoms with Crippen LogP contribution in [0.5, 0.6) is 0 Å². The van der Waals surface area contributed by atoms with Gasteiger partial charge in [0.05, 0.1) is 0 Å². The molecule has 3 nitrogen and oxygen atoms in total. The van der Waals surface area contributed by atoms with Crippen LogP contribution in [-0.4, -0.2) is 55.1 Å². The van der Waals surface area contributed by atoms with Gasteiger partial charge in [-0.1, -0.05) is 12.8 Å². The van der Waals surface area contributed by atoms with Crippen LogP contribution in [0.3, 0.4) is 0 Å². The molecule has 3 heteroatoms. The van der Waals surface area contributed by atoms with Gasteiger partial charge < -0.3 is 10.6 Å². The van der Waals surface area contributed by atoms with Gasteiger partial charge in [0.1, 0.15) is 0 Å². The predicted octanol–water partition coefficient (Wildman–Crippen LogP) is 1.67. The molecule has 17 heavy (non-hydrogen) atoms. The lowest BCUT2D eigenvalue weighted by atomic mass is 9.94. The SMILES string of the molecule is CN(C)CC1CCCN1CCC1(N)CCCC1. The molecular weight excluding hydrogens is 210 g/mol. The van der Waals surface area contributed by atoms with Crippen LogP contribution in [0.1, 0.15) is 44.9 Å². The maximum absolute atomic E-state index is 6.45. The molecule has 2 rings (SSSR count). The molecule has 0 aromatic carbocycles. The van der Waals surface area contributed by atoms with Crippen LogP contribution in [0.15, 0.2) is 0 Å². The largest absolute Gasteiger partial charge is 0.325 e. The van der Waals surface area contributed by atoms with E-state index in [9.17, 15) is 0 Å². The van der Waals surface area contributed by atoms with Crippen molar-refractivity contribution in [3.8, 4) is 0 Å². The highest BCUT2D eigenvalue weighted by Gasteiger charge is 2.31. The molecule has 1 aliphatic carbocycles. The Balaban J connectivity index is 1.77. The number of nitrogens with two attached hydrogens (primary N) is 1. The van der Waals surface area contributed by atoms with Crippen molar-refractivity contribution in [3.63, 3.8) is 0 Å². The topological polar surface area (TPSA) is 32.5 Å². The maximum Gasteiger partial charge on any atom is 0.0223 e. The first-order valence-corrected chi connectivity index (χ1v) is 7.27. The summed E-state index contributed by atoms with van der Waals surface area (Å²) >= 11 is 0. The van der Waals surface area contributed by atoms with Gasteiger partial charge in [-0.25, -0.2) is 0 Å². The van der Waals surface area contributed by atoms with Crippen LogP contribution >= 0.6 is 0 Å². The second kappa shape index (κ2) is 5.68. The van der Waals surface area contributed by atoms with Gasteiger partial charge in [0.15, 0.2) is 0 Å². The smallest absolute Gasteiger partial charge is 0.0223 e. The molecular formula is C14H29N3. The van der Waals surface area contributed by atoms with E-state index >= 15 is 0 Å². The maximum atomic E-state index is 6.45. The Bertz CT molecular complexity index is 234. The monoisotopic (exact) mass is 239 g/mol. The number of hydrogen-bond acceptors (Lipinski definition) is 3. The third-order valence-electron chi connectivity index (χ3n) is 4.57. The summed E-state index contributed by atoms with van der Waals surface area (Å²) in [5.74, 6) is 0. The minimum absolute atomic E-state index is 0.172. The first kappa shape index (κ1) is 13.3. The highest BCUT2D eigenvalue weighted by molar-refractivity contribution is 4.91. The highest BCUT2D eigenvalue weighted by Crippen LogP contribution is 2.31. The molecule has 2 aliphatic rings. The Hall–Kier alpha value is -0.120. The average molecular weight is 239 g/mol. The first-order valence-electron chi connectivity index (χ1n) is 7.27. The van der Waals surface area contributed by atoms with E-state index in [1.807, 2.05) is 0 Å². The van der Waals surface area contributed by atoms with Crippen molar-refractivity contribution in [2.24, 2.45) is 5.73 Å². The zero-order valence-electron chi connectivity index (χ0n) is 11.6. The second-order valence-electron chi connectivity index (χ2n) is 6.41. The number of likely N-dealkylation sites (N-methyl/N-ethyl adjacent to an activating group) is 1. The molecule has 0 aromatic heterocycles. The average Bonchev–Trinajstić information content (AvgIpc) is 2.85. The van der Waals surface area contributed by atoms with E-state index < -0.39 is 0 Å². The number of hydrogen-bond donors (Lipinski definition) is 1. The number of rotatable bonds is 5. The van der Waals surface area contributed by atoms with Crippen LogP contribution < -0.4 is 5.73 Å². The van der Waals surface area contributed by atoms with Gasteiger partial charge in [0.25, 0.3) is 0 Å². The summed E-state index contributed by atoms with van der Waals surface area (Å²) in [4.78, 5) is 4.99. The fourth-order valence-electron chi connectivity index (χ4n) is 3.51. The van der Waals surface area contributed by atoms with Crippen molar-refractivity contribution in [3.05, 3.63) is 0 Å². The summed E-state index contributed by atoms with van der Waals surface area (Å²) in [5.41, 5.74) is 6.62. The third-order valence-corrected chi connectivity index (χ3v) is 4.57. The Morgan fingerprint density at radius 3 is 2.59 bits per heavy atom. The standard InChI is InChI=1S/C14H29N3/c1-16(2)12-13-6-5-10-17(13)11-9-14(15)7-3-4-8-14/h13H,3-12,15H2,1-2H3. The van der Waals surface area contributed by atoms with Gasteiger partial charge in [-0.3, -0.25) is 4.90 Å². The highest BCUT2D eigenvalue weighted by atomic mass is 15.2. The molecule has 0 bridgehead atoms. The Kier molecular flexibility index (Phi) is 4.45. The molecule has 1 aliphatic heterocycles. The van der Waals surface area contributed by atoms with E-state index in [-0.39, 0.29) is 5.54 Å². The van der Waals surface area contributed by atoms with Crippen LogP contribution in [0.4, 0.5) is 0 Å². The van der Waals surface area contributed by atoms with Crippen LogP contribution in [0.25, 0.3) is 0 Å². The fraction of sp³-hybridized carbons (Fsp3) is 1.00. The quantitative estimate of drug-likeness (QED) is 0.792. The number of nitrogens with zero attached hydrogens (tertiary/aromatic N) is 2. The second-order valence-corrected chi connectivity index (χ2v) is 6.41. The van der Waals surface area contributed by atoms with Crippen molar-refractivity contribution in [1.29, 1.82) is 0 Å². The zero-order valence-corrected chi connectivity index (χ0v) is 11.6. The summed E-state index contributed by atoms with van der Waals surface area (Å²) in [5, 5.41) is 0. The van der Waals surface area contributed by atoms with Gasteiger partial charge in [0.2, 0.25) is 0 Å². The molecule has 1 saturated carbocycles. The molecule has 2 N–H and O–H groups in total. The van der Waals surface area contributed by atoms with Crippen molar-refractivity contribution < 1.29 is 0 Å². The van der Waals surface area contributed by atoms with Crippen molar-refractivity contribution >= 4 is 0 Å². The van der Waals surface area contributed by atoms with Gasteiger partial charge in [-0.15, -0.1) is 0 Å². The van der Waals surface area contributed by atoms with E-state index in [4.69, 9.17) is 5.73 Å². The fourth-order valence-corrected chi connectivity index (χ4v) is 3.51. The van der Waals surface area contributed by atoms with Crippen LogP contribution in [0, 0.1) is 0 Å². The minimum atomic E-state index is 0.172. The summed E-state index contributed by atoms with van der Waals surface area (Å²) < 4.78 is 0. The van der Waals surface area contributed by atoms with Crippen LogP contribution in [-0.2, 0) is 0 Å². The molecule has 0 radical (unpaired) electrons. The first-order chi connectivity index (χ1) is 8.09. The van der Waals surface area contributed by atoms with Crippen LogP contribution in [0.2, 0.25) is 0 Å². The lowest BCUT2D eigenvalue weighted by molar-refractivity contribution is 0.190. The molecule has 100 valence electrons. The summed E-state index contributed by atoms with van der Waals surface area (Å²) in [7, 11) is 4.36. The molecule has 1 atom stereocenters. The Labute approximate surface area is 106 Å². The molecule has 0 aromatic rings. The van der Waals surface area contributed by atoms with Crippen molar-refractivity contribution in [2.75, 3.05) is 33.7 Å². The van der Waals surface area contributed by atoms with E-state index in [1.165, 1.54) is 64.6 Å². The summed E-state index contributed by atoms with van der Waals surface area (Å²) in [6, 6.07) is 0.773. The summed E-state index contributed by atoms with van der Waals surface area (Å²) in [6.07, 6.45) is 9.14. The molecule has 0 spiro atoms. The summed E-state index contributed by atoms with van der Waals surface area (Å²) in [6.45, 7) is 3.71. The normalized spacial score (nSPS) is 29.3. The molecule has 1 heterocycles. The van der Waals surface area contributed by atoms with Crippen molar-refractivity contribution in [1.82, 2.24) is 9.80 Å². The minimum Gasteiger partial charge on any atom is -0.325 e. The molecule has 1 saturated heterocycles. The lowest BCUT2D eigenvalue weighted by Crippen LogP contribution is -2.43. The van der Waals surface area contributed by atoms with Gasteiger partial charge >= 0.3 is 0 Å². The Morgan fingerprint density at radius 2 is 1.94 bits per heavy atom. The predicted molar refractivity (Wildman–Crippen MR) is 73.2 cm³/mol. The van der Waals surface area contributed by atoms with E-state index in [2.05, 4.69) is 23.9 Å². The molecule has 0 amide bonds. The zero-order chi connectivity index (χ0) is 12.3. The van der Waals surface area contributed by atoms with E-state index in [0.717, 1.165) is 6.04 Å². The molecule has 1 unspecified atom stereocenters.